The molecule has 0 spiro atoms. The van der Waals surface area contributed by atoms with E-state index < -0.39 is 0 Å². The van der Waals surface area contributed by atoms with Crippen LogP contribution in [0, 0.1) is 0 Å². The molecule has 3 aromatic rings. The maximum Gasteiger partial charge on any atom is 0.268 e. The molecule has 2 aromatic carbocycles. The van der Waals surface area contributed by atoms with Crippen molar-refractivity contribution in [2.45, 2.75) is 26.3 Å². The summed E-state index contributed by atoms with van der Waals surface area (Å²) in [6, 6.07) is 20.4. The molecule has 2 N–H and O–H groups in total. The summed E-state index contributed by atoms with van der Waals surface area (Å²) in [5.41, 5.74) is 3.59. The summed E-state index contributed by atoms with van der Waals surface area (Å²) >= 11 is 0. The summed E-state index contributed by atoms with van der Waals surface area (Å²) in [6.45, 7) is 4.57. The van der Waals surface area contributed by atoms with Crippen LogP contribution < -0.4 is 10.6 Å². The number of aromatic nitrogens is 1. The van der Waals surface area contributed by atoms with Gasteiger partial charge in [-0.3, -0.25) is 14.6 Å². The Labute approximate surface area is 176 Å². The molecule has 30 heavy (non-hydrogen) atoms. The highest BCUT2D eigenvalue weighted by molar-refractivity contribution is 6.05. The zero-order chi connectivity index (χ0) is 21.3. The van der Waals surface area contributed by atoms with Crippen LogP contribution in [0.3, 0.4) is 0 Å². The number of pyridine rings is 1. The highest BCUT2D eigenvalue weighted by Crippen LogP contribution is 2.16. The number of amides is 2. The maximum absolute atomic E-state index is 12.8. The van der Waals surface area contributed by atoms with E-state index in [0.29, 0.717) is 18.0 Å². The first-order valence-corrected chi connectivity index (χ1v) is 9.88. The third-order valence-corrected chi connectivity index (χ3v) is 4.62. The predicted molar refractivity (Wildman–Crippen MR) is 118 cm³/mol. The molecule has 1 heterocycles. The molecule has 0 atom stereocenters. The molecule has 0 saturated carbocycles. The number of carbonyl (C=O) groups excluding carboxylic acids is 2. The van der Waals surface area contributed by atoms with Crippen LogP contribution in [-0.4, -0.2) is 16.8 Å². The summed E-state index contributed by atoms with van der Waals surface area (Å²) in [5.74, 6) is -0.281. The lowest BCUT2D eigenvalue weighted by Crippen LogP contribution is -2.34. The number of rotatable bonds is 7. The van der Waals surface area contributed by atoms with Crippen molar-refractivity contribution >= 4 is 17.9 Å². The fraction of sp³-hybridized carbons (Fsp3) is 0.160. The molecular formula is C25H25N3O2. The second-order valence-electron chi connectivity index (χ2n) is 7.24. The number of benzene rings is 2. The smallest absolute Gasteiger partial charge is 0.268 e. The SMILES string of the molecule is CC(C)c1ccc(C=C(NC(=O)c2ccccc2)C(=O)NCc2cccnc2)cc1. The van der Waals surface area contributed by atoms with E-state index in [0.717, 1.165) is 11.1 Å². The number of nitrogens with zero attached hydrogens (tertiary/aromatic N) is 1. The van der Waals surface area contributed by atoms with Gasteiger partial charge in [-0.05, 0) is 46.9 Å². The van der Waals surface area contributed by atoms with Crippen molar-refractivity contribution in [3.8, 4) is 0 Å². The molecule has 0 fully saturated rings. The van der Waals surface area contributed by atoms with Crippen LogP contribution in [0.1, 0.15) is 46.8 Å². The minimum atomic E-state index is -0.365. The van der Waals surface area contributed by atoms with E-state index in [2.05, 4.69) is 29.5 Å². The van der Waals surface area contributed by atoms with Gasteiger partial charge in [-0.1, -0.05) is 62.4 Å². The van der Waals surface area contributed by atoms with Gasteiger partial charge in [0.25, 0.3) is 11.8 Å². The molecule has 0 unspecified atom stereocenters. The Morgan fingerprint density at radius 3 is 2.33 bits per heavy atom. The molecule has 5 heteroatoms. The highest BCUT2D eigenvalue weighted by Gasteiger charge is 2.14. The first-order valence-electron chi connectivity index (χ1n) is 9.88. The quantitative estimate of drug-likeness (QED) is 0.582. The van der Waals surface area contributed by atoms with E-state index in [1.165, 1.54) is 5.56 Å². The highest BCUT2D eigenvalue weighted by atomic mass is 16.2. The summed E-state index contributed by atoms with van der Waals surface area (Å²) in [5, 5.41) is 5.59. The topological polar surface area (TPSA) is 71.1 Å². The van der Waals surface area contributed by atoms with Gasteiger partial charge in [-0.25, -0.2) is 0 Å². The van der Waals surface area contributed by atoms with Gasteiger partial charge in [0.2, 0.25) is 0 Å². The number of hydrogen-bond acceptors (Lipinski definition) is 3. The Hall–Kier alpha value is -3.73. The van der Waals surface area contributed by atoms with Gasteiger partial charge in [-0.15, -0.1) is 0 Å². The van der Waals surface area contributed by atoms with Crippen molar-refractivity contribution in [1.82, 2.24) is 15.6 Å². The van der Waals surface area contributed by atoms with Crippen LogP contribution in [-0.2, 0) is 11.3 Å². The summed E-state index contributed by atoms with van der Waals surface area (Å²) < 4.78 is 0. The first-order chi connectivity index (χ1) is 14.5. The van der Waals surface area contributed by atoms with Crippen LogP contribution in [0.2, 0.25) is 0 Å². The standard InChI is InChI=1S/C25H25N3O2/c1-18(2)21-12-10-19(11-13-21)15-23(28-24(29)22-8-4-3-5-9-22)25(30)27-17-20-7-6-14-26-16-20/h3-16,18H,17H2,1-2H3,(H,27,30)(H,28,29). The van der Waals surface area contributed by atoms with Crippen molar-refractivity contribution in [3.63, 3.8) is 0 Å². The van der Waals surface area contributed by atoms with Crippen LogP contribution in [0.25, 0.3) is 6.08 Å². The van der Waals surface area contributed by atoms with Gasteiger partial charge >= 0.3 is 0 Å². The number of nitrogens with one attached hydrogen (secondary N) is 2. The lowest BCUT2D eigenvalue weighted by molar-refractivity contribution is -0.117. The fourth-order valence-corrected chi connectivity index (χ4v) is 2.87. The van der Waals surface area contributed by atoms with E-state index >= 15 is 0 Å². The third kappa shape index (κ3) is 5.88. The average Bonchev–Trinajstić information content (AvgIpc) is 2.78. The van der Waals surface area contributed by atoms with Crippen LogP contribution >= 0.6 is 0 Å². The van der Waals surface area contributed by atoms with E-state index in [1.54, 1.807) is 42.7 Å². The van der Waals surface area contributed by atoms with Gasteiger partial charge in [0.1, 0.15) is 5.70 Å². The average molecular weight is 399 g/mol. The molecule has 0 aliphatic carbocycles. The lowest BCUT2D eigenvalue weighted by Gasteiger charge is -2.12. The lowest BCUT2D eigenvalue weighted by atomic mass is 10.0. The molecule has 152 valence electrons. The van der Waals surface area contributed by atoms with Crippen LogP contribution in [0.15, 0.2) is 84.8 Å². The van der Waals surface area contributed by atoms with Crippen molar-refractivity contribution in [2.24, 2.45) is 0 Å². The zero-order valence-electron chi connectivity index (χ0n) is 17.1. The molecule has 3 rings (SSSR count). The Bertz CT molecular complexity index is 1010. The van der Waals surface area contributed by atoms with Gasteiger partial charge in [-0.2, -0.15) is 0 Å². The van der Waals surface area contributed by atoms with E-state index in [9.17, 15) is 9.59 Å². The molecule has 0 bridgehead atoms. The minimum Gasteiger partial charge on any atom is -0.347 e. The predicted octanol–water partition coefficient (Wildman–Crippen LogP) is 4.29. The Balaban J connectivity index is 1.81. The normalized spacial score (nSPS) is 11.2. The summed E-state index contributed by atoms with van der Waals surface area (Å²) in [7, 11) is 0. The molecule has 2 amide bonds. The van der Waals surface area contributed by atoms with E-state index in [1.807, 2.05) is 42.5 Å². The second-order valence-corrected chi connectivity index (χ2v) is 7.24. The van der Waals surface area contributed by atoms with Gasteiger partial charge in [0, 0.05) is 24.5 Å². The zero-order valence-corrected chi connectivity index (χ0v) is 17.1. The largest absolute Gasteiger partial charge is 0.347 e. The molecule has 1 aromatic heterocycles. The second kappa shape index (κ2) is 10.2. The number of hydrogen-bond donors (Lipinski definition) is 2. The minimum absolute atomic E-state index is 0.185. The van der Waals surface area contributed by atoms with Crippen LogP contribution in [0.5, 0.6) is 0 Å². The Kier molecular flexibility index (Phi) is 7.11. The fourth-order valence-electron chi connectivity index (χ4n) is 2.87. The summed E-state index contributed by atoms with van der Waals surface area (Å²) in [6.07, 6.45) is 5.05. The molecule has 0 radical (unpaired) electrons. The van der Waals surface area contributed by atoms with Crippen molar-refractivity contribution in [1.29, 1.82) is 0 Å². The van der Waals surface area contributed by atoms with Gasteiger partial charge in [0.15, 0.2) is 0 Å². The van der Waals surface area contributed by atoms with Gasteiger partial charge in [0.05, 0.1) is 0 Å². The van der Waals surface area contributed by atoms with E-state index in [-0.39, 0.29) is 17.5 Å². The molecule has 0 saturated heterocycles. The summed E-state index contributed by atoms with van der Waals surface area (Å²) in [4.78, 5) is 29.5. The van der Waals surface area contributed by atoms with Crippen LogP contribution in [0.4, 0.5) is 0 Å². The van der Waals surface area contributed by atoms with E-state index in [4.69, 9.17) is 0 Å². The molecular weight excluding hydrogens is 374 g/mol. The monoisotopic (exact) mass is 399 g/mol. The van der Waals surface area contributed by atoms with Crippen molar-refractivity contribution in [2.75, 3.05) is 0 Å². The van der Waals surface area contributed by atoms with Crippen molar-refractivity contribution < 1.29 is 9.59 Å². The third-order valence-electron chi connectivity index (χ3n) is 4.62. The molecule has 5 nitrogen and oxygen atoms in total. The first kappa shape index (κ1) is 21.0. The maximum atomic E-state index is 12.8. The molecule has 0 aliphatic heterocycles. The number of carbonyl (C=O) groups is 2. The Morgan fingerprint density at radius 2 is 1.70 bits per heavy atom. The van der Waals surface area contributed by atoms with Gasteiger partial charge < -0.3 is 10.6 Å². The Morgan fingerprint density at radius 1 is 0.967 bits per heavy atom. The molecule has 0 aliphatic rings. The van der Waals surface area contributed by atoms with Crippen molar-refractivity contribution in [3.05, 3.63) is 107 Å².